The summed E-state index contributed by atoms with van der Waals surface area (Å²) >= 11 is 11.4. The third-order valence-corrected chi connectivity index (χ3v) is 3.20. The van der Waals surface area contributed by atoms with Gasteiger partial charge in [-0.1, -0.05) is 23.2 Å². The van der Waals surface area contributed by atoms with Gasteiger partial charge < -0.3 is 4.79 Å². The highest BCUT2D eigenvalue weighted by Crippen LogP contribution is 2.46. The molecule has 0 radical (unpaired) electrons. The summed E-state index contributed by atoms with van der Waals surface area (Å²) in [4.78, 5) is 21.5. The highest BCUT2D eigenvalue weighted by Gasteiger charge is 2.51. The van der Waals surface area contributed by atoms with Crippen molar-refractivity contribution in [2.75, 3.05) is 0 Å². The van der Waals surface area contributed by atoms with E-state index in [1.165, 1.54) is 6.92 Å². The Morgan fingerprint density at radius 3 is 2.58 bits per heavy atom. The summed E-state index contributed by atoms with van der Waals surface area (Å²) < 4.78 is -1.21. The van der Waals surface area contributed by atoms with Crippen LogP contribution >= 0.6 is 23.2 Å². The van der Waals surface area contributed by atoms with E-state index in [1.54, 1.807) is 0 Å². The van der Waals surface area contributed by atoms with E-state index in [4.69, 9.17) is 23.2 Å². The fraction of sp³-hybridized carbons (Fsp3) is 0.750. The number of Topliss-reactive ketones (excluding diaryl/α,β-unsaturated/α-hetero) is 2. The molecule has 0 aromatic carbocycles. The Balaban J connectivity index is 2.37. The molecular formula is C8H10Cl2O2. The lowest BCUT2D eigenvalue weighted by Crippen LogP contribution is -2.47. The number of rotatable bonds is 3. The van der Waals surface area contributed by atoms with Crippen LogP contribution in [0.15, 0.2) is 0 Å². The van der Waals surface area contributed by atoms with E-state index in [9.17, 15) is 9.59 Å². The molecular weight excluding hydrogens is 199 g/mol. The highest BCUT2D eigenvalue weighted by molar-refractivity contribution is 6.60. The fourth-order valence-electron chi connectivity index (χ4n) is 1.25. The zero-order chi connectivity index (χ0) is 9.35. The van der Waals surface area contributed by atoms with Crippen LogP contribution in [0.25, 0.3) is 0 Å². The molecule has 12 heavy (non-hydrogen) atoms. The Kier molecular flexibility index (Phi) is 2.79. The molecule has 0 aliphatic heterocycles. The van der Waals surface area contributed by atoms with Gasteiger partial charge in [0.2, 0.25) is 0 Å². The summed E-state index contributed by atoms with van der Waals surface area (Å²) in [6, 6.07) is 0. The van der Waals surface area contributed by atoms with Crippen LogP contribution in [0.2, 0.25) is 0 Å². The Bertz CT molecular complexity index is 223. The van der Waals surface area contributed by atoms with Gasteiger partial charge in [0.1, 0.15) is 5.78 Å². The number of carbonyl (C=O) groups excluding carboxylic acids is 2. The van der Waals surface area contributed by atoms with Gasteiger partial charge in [-0.2, -0.15) is 0 Å². The molecule has 0 N–H and O–H groups in total. The average molecular weight is 209 g/mol. The van der Waals surface area contributed by atoms with Crippen molar-refractivity contribution >= 4 is 34.8 Å². The number of hydrogen-bond donors (Lipinski definition) is 0. The van der Waals surface area contributed by atoms with Crippen LogP contribution in [0.1, 0.15) is 26.2 Å². The van der Waals surface area contributed by atoms with Gasteiger partial charge in [-0.25, -0.2) is 0 Å². The van der Waals surface area contributed by atoms with Crippen molar-refractivity contribution in [2.24, 2.45) is 5.92 Å². The molecule has 4 heteroatoms. The van der Waals surface area contributed by atoms with Crippen molar-refractivity contribution < 1.29 is 9.59 Å². The SMILES string of the molecule is CC(=O)CCC1CC(=O)C1(Cl)Cl. The lowest BCUT2D eigenvalue weighted by molar-refractivity contribution is -0.129. The van der Waals surface area contributed by atoms with Crippen LogP contribution in [0.5, 0.6) is 0 Å². The van der Waals surface area contributed by atoms with Gasteiger partial charge in [-0.15, -0.1) is 0 Å². The molecule has 0 aromatic rings. The summed E-state index contributed by atoms with van der Waals surface area (Å²) in [6.45, 7) is 1.52. The molecule has 0 amide bonds. The molecule has 0 aromatic heterocycles. The van der Waals surface area contributed by atoms with Gasteiger partial charge in [0.15, 0.2) is 10.1 Å². The van der Waals surface area contributed by atoms with Crippen LogP contribution in [0.4, 0.5) is 0 Å². The van der Waals surface area contributed by atoms with Gasteiger partial charge in [0.05, 0.1) is 0 Å². The number of alkyl halides is 2. The Labute approximate surface area is 81.2 Å². The van der Waals surface area contributed by atoms with Crippen LogP contribution in [-0.4, -0.2) is 15.9 Å². The average Bonchev–Trinajstić information content (AvgIpc) is 1.97. The molecule has 2 nitrogen and oxygen atoms in total. The van der Waals surface area contributed by atoms with Crippen LogP contribution in [0.3, 0.4) is 0 Å². The topological polar surface area (TPSA) is 34.1 Å². The number of hydrogen-bond acceptors (Lipinski definition) is 2. The molecule has 1 aliphatic carbocycles. The van der Waals surface area contributed by atoms with Crippen molar-refractivity contribution in [2.45, 2.75) is 30.5 Å². The third kappa shape index (κ3) is 1.80. The second-order valence-corrected chi connectivity index (χ2v) is 4.57. The minimum Gasteiger partial charge on any atom is -0.300 e. The predicted molar refractivity (Wildman–Crippen MR) is 47.5 cm³/mol. The van der Waals surface area contributed by atoms with E-state index in [0.29, 0.717) is 19.3 Å². The Hall–Kier alpha value is -0.0800. The van der Waals surface area contributed by atoms with Crippen molar-refractivity contribution in [1.29, 1.82) is 0 Å². The largest absolute Gasteiger partial charge is 0.300 e. The lowest BCUT2D eigenvalue weighted by atomic mass is 9.79. The first-order valence-corrected chi connectivity index (χ1v) is 4.60. The zero-order valence-corrected chi connectivity index (χ0v) is 8.28. The van der Waals surface area contributed by atoms with Gasteiger partial charge in [-0.3, -0.25) is 4.79 Å². The first-order chi connectivity index (χ1) is 5.44. The van der Waals surface area contributed by atoms with Crippen LogP contribution < -0.4 is 0 Å². The molecule has 1 rings (SSSR count). The monoisotopic (exact) mass is 208 g/mol. The minimum atomic E-state index is -1.21. The van der Waals surface area contributed by atoms with Crippen molar-refractivity contribution in [3.8, 4) is 0 Å². The second-order valence-electron chi connectivity index (χ2n) is 3.19. The lowest BCUT2D eigenvalue weighted by Gasteiger charge is -2.37. The van der Waals surface area contributed by atoms with Gasteiger partial charge in [0, 0.05) is 18.8 Å². The predicted octanol–water partition coefficient (Wildman–Crippen LogP) is 2.12. The van der Waals surface area contributed by atoms with E-state index >= 15 is 0 Å². The van der Waals surface area contributed by atoms with Crippen molar-refractivity contribution in [3.05, 3.63) is 0 Å². The van der Waals surface area contributed by atoms with Crippen LogP contribution in [-0.2, 0) is 9.59 Å². The standard InChI is InChI=1S/C8H10Cl2O2/c1-5(11)2-3-6-4-7(12)8(6,9)10/h6H,2-4H2,1H3. The van der Waals surface area contributed by atoms with E-state index in [1.807, 2.05) is 0 Å². The Morgan fingerprint density at radius 1 is 1.67 bits per heavy atom. The zero-order valence-electron chi connectivity index (χ0n) is 6.77. The molecule has 1 unspecified atom stereocenters. The molecule has 1 saturated carbocycles. The number of halogens is 2. The minimum absolute atomic E-state index is 0.0303. The molecule has 0 bridgehead atoms. The maximum Gasteiger partial charge on any atom is 0.179 e. The fourth-order valence-corrected chi connectivity index (χ4v) is 1.77. The molecule has 0 heterocycles. The van der Waals surface area contributed by atoms with Crippen molar-refractivity contribution in [3.63, 3.8) is 0 Å². The van der Waals surface area contributed by atoms with E-state index in [2.05, 4.69) is 0 Å². The first-order valence-electron chi connectivity index (χ1n) is 3.85. The van der Waals surface area contributed by atoms with Gasteiger partial charge in [-0.05, 0) is 13.3 Å². The molecule has 0 spiro atoms. The maximum atomic E-state index is 10.9. The summed E-state index contributed by atoms with van der Waals surface area (Å²) in [7, 11) is 0. The number of ketones is 2. The molecule has 1 aliphatic rings. The number of carbonyl (C=O) groups is 2. The summed E-state index contributed by atoms with van der Waals surface area (Å²) in [6.07, 6.45) is 1.49. The normalized spacial score (nSPS) is 26.6. The molecule has 1 fully saturated rings. The van der Waals surface area contributed by atoms with E-state index in [-0.39, 0.29) is 17.5 Å². The third-order valence-electron chi connectivity index (χ3n) is 2.16. The second kappa shape index (κ2) is 3.35. The van der Waals surface area contributed by atoms with E-state index < -0.39 is 4.33 Å². The summed E-state index contributed by atoms with van der Waals surface area (Å²) in [5.41, 5.74) is 0. The highest BCUT2D eigenvalue weighted by atomic mass is 35.5. The van der Waals surface area contributed by atoms with Crippen LogP contribution in [0, 0.1) is 5.92 Å². The first kappa shape index (κ1) is 10.0. The molecule has 0 saturated heterocycles. The molecule has 68 valence electrons. The summed E-state index contributed by atoms with van der Waals surface area (Å²) in [5.74, 6) is -0.0462. The summed E-state index contributed by atoms with van der Waals surface area (Å²) in [5, 5.41) is 0. The molecule has 1 atom stereocenters. The Morgan fingerprint density at radius 2 is 2.25 bits per heavy atom. The van der Waals surface area contributed by atoms with Gasteiger partial charge >= 0.3 is 0 Å². The van der Waals surface area contributed by atoms with Crippen molar-refractivity contribution in [1.82, 2.24) is 0 Å². The van der Waals surface area contributed by atoms with Gasteiger partial charge in [0.25, 0.3) is 0 Å². The quantitative estimate of drug-likeness (QED) is 0.667. The maximum absolute atomic E-state index is 10.9. The smallest absolute Gasteiger partial charge is 0.179 e. The van der Waals surface area contributed by atoms with E-state index in [0.717, 1.165) is 0 Å².